The van der Waals surface area contributed by atoms with E-state index in [4.69, 9.17) is 0 Å². The monoisotopic (exact) mass is 520 g/mol. The molecule has 168 valence electrons. The summed E-state index contributed by atoms with van der Waals surface area (Å²) in [5, 5.41) is 0. The van der Waals surface area contributed by atoms with Gasteiger partial charge in [-0.05, 0) is 28.6 Å². The lowest BCUT2D eigenvalue weighted by atomic mass is 10.3. The van der Waals surface area contributed by atoms with Crippen LogP contribution in [0.1, 0.15) is 0 Å². The summed E-state index contributed by atoms with van der Waals surface area (Å²) in [6.07, 6.45) is -16.7. The first-order valence-electron chi connectivity index (χ1n) is 5.26. The largest absolute Gasteiger partial charge is 0.448 e. The predicted octanol–water partition coefficient (Wildman–Crippen LogP) is 8.81. The van der Waals surface area contributed by atoms with Gasteiger partial charge in [-0.3, -0.25) is 0 Å². The highest BCUT2D eigenvalue weighted by Gasteiger charge is 2.51. The first-order valence-corrected chi connectivity index (χ1v) is 6.06. The molecule has 0 aliphatic heterocycles. The van der Waals surface area contributed by atoms with E-state index in [0.717, 1.165) is 0 Å². The van der Waals surface area contributed by atoms with Crippen LogP contribution in [0.2, 0.25) is 0 Å². The molecule has 0 saturated heterocycles. The fourth-order valence-corrected chi connectivity index (χ4v) is 0.385. The minimum Gasteiger partial charge on any atom is -0.196 e. The standard InChI is InChI=1S/C4H3BrF4.C3F6.C2F4.C2H2F2/c1-2-3(6,7)4(5,8)9;4-1(2(5)6)3(7,8)9;3-1(4)2(5)6;1-2(3)4/h2H,1H2;;;1H2. The minimum atomic E-state index is -5.56. The zero-order chi connectivity index (χ0) is 24.1. The van der Waals surface area contributed by atoms with Crippen LogP contribution in [0, 0.1) is 0 Å². The molecule has 0 aliphatic rings. The van der Waals surface area contributed by atoms with Crippen LogP contribution in [0.25, 0.3) is 0 Å². The smallest absolute Gasteiger partial charge is 0.196 e. The normalized spacial score (nSPS) is 10.6. The molecule has 28 heavy (non-hydrogen) atoms. The van der Waals surface area contributed by atoms with Gasteiger partial charge in [-0.2, -0.15) is 70.2 Å². The number of hydrogen-bond acceptors (Lipinski definition) is 0. The lowest BCUT2D eigenvalue weighted by Gasteiger charge is -2.16. The Morgan fingerprint density at radius 1 is 0.643 bits per heavy atom. The summed E-state index contributed by atoms with van der Waals surface area (Å²) in [4.78, 5) is -4.19. The van der Waals surface area contributed by atoms with Crippen molar-refractivity contribution in [2.24, 2.45) is 0 Å². The zero-order valence-electron chi connectivity index (χ0n) is 12.4. The van der Waals surface area contributed by atoms with Gasteiger partial charge in [0, 0.05) is 0 Å². The Bertz CT molecular complexity index is 512. The minimum absolute atomic E-state index is 0.109. The Kier molecular flexibility index (Phi) is 17.3. The SMILES string of the molecule is C=C(F)F.C=CC(F)(F)C(F)(F)Br.FC(F)=C(F)C(F)(F)F.FC(F)=C(F)F. The number of alkyl halides is 8. The molecule has 0 aliphatic carbocycles. The molecule has 0 bridgehead atoms. The Balaban J connectivity index is -0.000000143. The third kappa shape index (κ3) is 22.4. The van der Waals surface area contributed by atoms with Crippen LogP contribution >= 0.6 is 15.9 Å². The summed E-state index contributed by atoms with van der Waals surface area (Å²) >= 11 is 1.51. The second-order valence-corrected chi connectivity index (χ2v) is 4.25. The Hall–Kier alpha value is -1.68. The van der Waals surface area contributed by atoms with E-state index in [-0.39, 0.29) is 6.08 Å². The van der Waals surface area contributed by atoms with Crippen LogP contribution in [-0.4, -0.2) is 16.9 Å². The van der Waals surface area contributed by atoms with Gasteiger partial charge in [0.2, 0.25) is 0 Å². The first kappa shape index (κ1) is 33.9. The van der Waals surface area contributed by atoms with Crippen LogP contribution in [0.3, 0.4) is 0 Å². The summed E-state index contributed by atoms with van der Waals surface area (Å²) in [7, 11) is 0. The summed E-state index contributed by atoms with van der Waals surface area (Å²) in [5.41, 5.74) is 0. The van der Waals surface area contributed by atoms with Crippen molar-refractivity contribution in [2.45, 2.75) is 16.9 Å². The average Bonchev–Trinajstić information content (AvgIpc) is 2.44. The highest BCUT2D eigenvalue weighted by Crippen LogP contribution is 2.39. The topological polar surface area (TPSA) is 0 Å². The molecule has 0 heterocycles. The van der Waals surface area contributed by atoms with Crippen molar-refractivity contribution < 1.29 is 70.2 Å². The fourth-order valence-electron chi connectivity index (χ4n) is 0.223. The molecule has 0 saturated carbocycles. The van der Waals surface area contributed by atoms with Gasteiger partial charge in [0.1, 0.15) is 0 Å². The Morgan fingerprint density at radius 3 is 0.893 bits per heavy atom. The highest BCUT2D eigenvalue weighted by atomic mass is 79.9. The lowest BCUT2D eigenvalue weighted by molar-refractivity contribution is -0.113. The lowest BCUT2D eigenvalue weighted by Crippen LogP contribution is -2.32. The van der Waals surface area contributed by atoms with Crippen molar-refractivity contribution in [2.75, 3.05) is 0 Å². The molecule has 0 rings (SSSR count). The van der Waals surface area contributed by atoms with Crippen LogP contribution in [0.15, 0.2) is 49.4 Å². The molecule has 0 amide bonds. The van der Waals surface area contributed by atoms with Gasteiger partial charge in [0.25, 0.3) is 11.9 Å². The van der Waals surface area contributed by atoms with Crippen LogP contribution in [-0.2, 0) is 0 Å². The van der Waals surface area contributed by atoms with Crippen molar-refractivity contribution in [1.82, 2.24) is 0 Å². The molecule has 0 unspecified atom stereocenters. The molecule has 0 fully saturated rings. The third-order valence-corrected chi connectivity index (χ3v) is 1.72. The second-order valence-electron chi connectivity index (χ2n) is 3.26. The predicted molar refractivity (Wildman–Crippen MR) is 68.2 cm³/mol. The molecule has 0 aromatic heterocycles. The maximum atomic E-state index is 11.7. The van der Waals surface area contributed by atoms with E-state index in [1.54, 1.807) is 0 Å². The number of allylic oxidation sites excluding steroid dienone is 2. The van der Waals surface area contributed by atoms with Crippen LogP contribution < -0.4 is 0 Å². The summed E-state index contributed by atoms with van der Waals surface area (Å²) in [5.74, 6) is -7.50. The van der Waals surface area contributed by atoms with E-state index >= 15 is 0 Å². The fraction of sp³-hybridized carbons (Fsp3) is 0.273. The van der Waals surface area contributed by atoms with Gasteiger partial charge >= 0.3 is 35.2 Å². The van der Waals surface area contributed by atoms with E-state index in [2.05, 4.69) is 13.2 Å². The molecule has 0 atom stereocenters. The first-order chi connectivity index (χ1) is 12.0. The quantitative estimate of drug-likeness (QED) is 0.194. The van der Waals surface area contributed by atoms with E-state index < -0.39 is 47.1 Å². The number of hydrogen-bond donors (Lipinski definition) is 0. The van der Waals surface area contributed by atoms with Gasteiger partial charge in [0.15, 0.2) is 0 Å². The Morgan fingerprint density at radius 2 is 0.893 bits per heavy atom. The van der Waals surface area contributed by atoms with Gasteiger partial charge < -0.3 is 0 Å². The second kappa shape index (κ2) is 14.3. The summed E-state index contributed by atoms with van der Waals surface area (Å²) < 4.78 is 173. The van der Waals surface area contributed by atoms with Crippen LogP contribution in [0.4, 0.5) is 70.2 Å². The number of rotatable bonds is 2. The molecule has 0 aromatic carbocycles. The number of halogens is 17. The van der Waals surface area contributed by atoms with Gasteiger partial charge in [-0.25, -0.2) is 0 Å². The maximum absolute atomic E-state index is 11.7. The van der Waals surface area contributed by atoms with Gasteiger partial charge in [-0.1, -0.05) is 6.58 Å². The average molecular weight is 521 g/mol. The molecule has 0 radical (unpaired) electrons. The van der Waals surface area contributed by atoms with Gasteiger partial charge in [0.05, 0.1) is 0 Å². The van der Waals surface area contributed by atoms with Gasteiger partial charge in [-0.15, -0.1) is 0 Å². The van der Waals surface area contributed by atoms with Crippen molar-refractivity contribution in [1.29, 1.82) is 0 Å². The summed E-state index contributed by atoms with van der Waals surface area (Å²) in [6, 6.07) is 0. The van der Waals surface area contributed by atoms with Crippen molar-refractivity contribution in [3.63, 3.8) is 0 Å². The van der Waals surface area contributed by atoms with E-state index in [0.29, 0.717) is 0 Å². The molecular weight excluding hydrogens is 516 g/mol. The third-order valence-electron chi connectivity index (χ3n) is 1.19. The van der Waals surface area contributed by atoms with E-state index in [9.17, 15) is 70.2 Å². The molecular formula is C11H5BrF16. The molecule has 0 aromatic rings. The van der Waals surface area contributed by atoms with Crippen LogP contribution in [0.5, 0.6) is 0 Å². The maximum Gasteiger partial charge on any atom is 0.448 e. The zero-order valence-corrected chi connectivity index (χ0v) is 14.0. The van der Waals surface area contributed by atoms with Crippen molar-refractivity contribution >= 4 is 15.9 Å². The Labute approximate surface area is 153 Å². The molecule has 17 heteroatoms. The highest BCUT2D eigenvalue weighted by molar-refractivity contribution is 9.10. The van der Waals surface area contributed by atoms with Crippen molar-refractivity contribution in [3.05, 3.63) is 49.4 Å². The van der Waals surface area contributed by atoms with E-state index in [1.807, 2.05) is 0 Å². The molecule has 0 N–H and O–H groups in total. The molecule has 0 spiro atoms. The summed E-state index contributed by atoms with van der Waals surface area (Å²) in [6.45, 7) is 4.76. The molecule has 0 nitrogen and oxygen atoms in total. The van der Waals surface area contributed by atoms with E-state index in [1.165, 1.54) is 15.9 Å². The van der Waals surface area contributed by atoms with Crippen molar-refractivity contribution in [3.8, 4) is 0 Å².